The number of ether oxygens (including phenoxy) is 1. The number of unbranched alkanes of at least 4 members (excludes halogenated alkanes) is 1. The summed E-state index contributed by atoms with van der Waals surface area (Å²) >= 11 is 9.83. The number of tetrazole rings is 1. The number of hydrogen-bond acceptors (Lipinski definition) is 7. The maximum absolute atomic E-state index is 13.8. The van der Waals surface area contributed by atoms with E-state index in [1.54, 1.807) is 16.8 Å². The van der Waals surface area contributed by atoms with Gasteiger partial charge in [0.2, 0.25) is 0 Å². The molecule has 0 bridgehead atoms. The average Bonchev–Trinajstić information content (AvgIpc) is 3.62. The summed E-state index contributed by atoms with van der Waals surface area (Å²) in [5.74, 6) is 0.715. The SMILES string of the molecule is CCCCc1nc(Cl)c(C(=O)c2cccc(Br)[n+]2[O-])n1Cc1ccc(-c2ccccc2)c(-c2nnnn2C(C)OCC)c1. The molecule has 222 valence electrons. The highest BCUT2D eigenvalue weighted by Gasteiger charge is 2.29. The normalized spacial score (nSPS) is 12.0. The Morgan fingerprint density at radius 1 is 1.09 bits per heavy atom. The Hall–Kier alpha value is -3.93. The number of aryl methyl sites for hydroxylation is 1. The van der Waals surface area contributed by atoms with E-state index in [1.807, 2.05) is 66.9 Å². The van der Waals surface area contributed by atoms with Gasteiger partial charge < -0.3 is 14.5 Å². The number of carbonyl (C=O) groups excluding carboxylic acids is 1. The molecule has 0 aliphatic heterocycles. The Kier molecular flexibility index (Phi) is 9.64. The van der Waals surface area contributed by atoms with E-state index in [1.165, 1.54) is 6.07 Å². The zero-order valence-electron chi connectivity index (χ0n) is 24.1. The van der Waals surface area contributed by atoms with E-state index in [0.29, 0.717) is 29.4 Å². The van der Waals surface area contributed by atoms with Crippen molar-refractivity contribution < 1.29 is 14.3 Å². The Bertz CT molecular complexity index is 1740. The van der Waals surface area contributed by atoms with Crippen LogP contribution >= 0.6 is 27.5 Å². The molecule has 1 atom stereocenters. The predicted molar refractivity (Wildman–Crippen MR) is 167 cm³/mol. The molecule has 5 aromatic rings. The molecule has 0 N–H and O–H groups in total. The fraction of sp³-hybridized carbons (Fsp3) is 0.290. The zero-order chi connectivity index (χ0) is 30.5. The van der Waals surface area contributed by atoms with Gasteiger partial charge in [-0.25, -0.2) is 4.98 Å². The van der Waals surface area contributed by atoms with E-state index >= 15 is 0 Å². The molecule has 0 aliphatic rings. The molecular weight excluding hydrogens is 634 g/mol. The molecule has 3 heterocycles. The summed E-state index contributed by atoms with van der Waals surface area (Å²) in [5, 5.41) is 25.4. The van der Waals surface area contributed by atoms with Crippen LogP contribution < -0.4 is 4.73 Å². The highest BCUT2D eigenvalue weighted by atomic mass is 79.9. The van der Waals surface area contributed by atoms with Gasteiger partial charge in [0.25, 0.3) is 16.1 Å². The number of hydrogen-bond donors (Lipinski definition) is 0. The summed E-state index contributed by atoms with van der Waals surface area (Å²) in [7, 11) is 0. The van der Waals surface area contributed by atoms with Crippen molar-refractivity contribution in [3.63, 3.8) is 0 Å². The zero-order valence-corrected chi connectivity index (χ0v) is 26.4. The van der Waals surface area contributed by atoms with Crippen LogP contribution in [0.25, 0.3) is 22.5 Å². The van der Waals surface area contributed by atoms with Crippen molar-refractivity contribution in [1.29, 1.82) is 0 Å². The third-order valence-corrected chi connectivity index (χ3v) is 7.95. The molecule has 43 heavy (non-hydrogen) atoms. The van der Waals surface area contributed by atoms with Gasteiger partial charge in [-0.15, -0.1) is 5.10 Å². The largest absolute Gasteiger partial charge is 0.617 e. The van der Waals surface area contributed by atoms with Gasteiger partial charge in [-0.2, -0.15) is 9.41 Å². The number of rotatable bonds is 12. The van der Waals surface area contributed by atoms with Crippen LogP contribution in [0.5, 0.6) is 0 Å². The smallest absolute Gasteiger partial charge is 0.277 e. The molecule has 10 nitrogen and oxygen atoms in total. The molecule has 0 radical (unpaired) electrons. The third-order valence-electron chi connectivity index (χ3n) is 7.10. The van der Waals surface area contributed by atoms with Crippen molar-refractivity contribution in [1.82, 2.24) is 29.8 Å². The Labute approximate surface area is 263 Å². The lowest BCUT2D eigenvalue weighted by molar-refractivity contribution is -0.619. The second kappa shape index (κ2) is 13.6. The lowest BCUT2D eigenvalue weighted by Crippen LogP contribution is -2.36. The van der Waals surface area contributed by atoms with E-state index < -0.39 is 5.78 Å². The van der Waals surface area contributed by atoms with Gasteiger partial charge in [-0.1, -0.05) is 67.4 Å². The summed E-state index contributed by atoms with van der Waals surface area (Å²) in [5.41, 5.74) is 3.74. The van der Waals surface area contributed by atoms with E-state index in [-0.39, 0.29) is 33.9 Å². The van der Waals surface area contributed by atoms with Gasteiger partial charge in [0, 0.05) is 53.2 Å². The van der Waals surface area contributed by atoms with Crippen LogP contribution in [0.3, 0.4) is 0 Å². The quantitative estimate of drug-likeness (QED) is 0.0654. The summed E-state index contributed by atoms with van der Waals surface area (Å²) < 4.78 is 10.1. The Morgan fingerprint density at radius 2 is 1.88 bits per heavy atom. The van der Waals surface area contributed by atoms with Crippen LogP contribution in [0, 0.1) is 5.21 Å². The summed E-state index contributed by atoms with van der Waals surface area (Å²) in [6, 6.07) is 20.7. The number of halogens is 2. The van der Waals surface area contributed by atoms with Crippen LogP contribution in [-0.2, 0) is 17.7 Å². The fourth-order valence-electron chi connectivity index (χ4n) is 4.99. The second-order valence-corrected chi connectivity index (χ2v) is 11.1. The molecule has 0 amide bonds. The minimum Gasteiger partial charge on any atom is -0.617 e. The number of carbonyl (C=O) groups is 1. The highest BCUT2D eigenvalue weighted by Crippen LogP contribution is 2.34. The topological polar surface area (TPSA) is 115 Å². The molecule has 1 unspecified atom stereocenters. The fourth-order valence-corrected chi connectivity index (χ4v) is 5.62. The Balaban J connectivity index is 1.64. The number of pyridine rings is 1. The van der Waals surface area contributed by atoms with Gasteiger partial charge in [0.15, 0.2) is 17.2 Å². The van der Waals surface area contributed by atoms with Crippen molar-refractivity contribution in [3.8, 4) is 22.5 Å². The van der Waals surface area contributed by atoms with Crippen LogP contribution in [0.1, 0.15) is 67.4 Å². The standard InChI is InChI=1S/C31H31BrClN7O3/c1-4-6-15-27-34-30(33)28(29(41)25-13-10-14-26(32)40(25)42)38(27)19-21-16-17-23(22-11-8-7-9-12-22)24(18-21)31-35-36-37-39(31)20(3)43-5-2/h7-14,16-18,20H,4-6,15,19H2,1-3H3. The predicted octanol–water partition coefficient (Wildman–Crippen LogP) is 6.43. The Morgan fingerprint density at radius 3 is 2.63 bits per heavy atom. The molecule has 12 heteroatoms. The van der Waals surface area contributed by atoms with E-state index in [0.717, 1.165) is 35.1 Å². The van der Waals surface area contributed by atoms with Crippen LogP contribution in [0.4, 0.5) is 0 Å². The minimum atomic E-state index is -0.507. The van der Waals surface area contributed by atoms with Crippen molar-refractivity contribution in [2.45, 2.75) is 52.8 Å². The maximum Gasteiger partial charge on any atom is 0.277 e. The van der Waals surface area contributed by atoms with Gasteiger partial charge in [-0.05, 0) is 59.5 Å². The minimum absolute atomic E-state index is 0.0522. The van der Waals surface area contributed by atoms with Crippen molar-refractivity contribution in [2.24, 2.45) is 0 Å². The molecule has 2 aromatic carbocycles. The molecule has 0 spiro atoms. The lowest BCUT2D eigenvalue weighted by Gasteiger charge is -2.17. The summed E-state index contributed by atoms with van der Waals surface area (Å²) in [6.45, 7) is 6.70. The first kappa shape index (κ1) is 30.5. The molecule has 0 fully saturated rings. The van der Waals surface area contributed by atoms with Crippen LogP contribution in [0.15, 0.2) is 71.3 Å². The average molecular weight is 665 g/mol. The lowest BCUT2D eigenvalue weighted by atomic mass is 9.96. The monoisotopic (exact) mass is 663 g/mol. The number of ketones is 1. The maximum atomic E-state index is 13.8. The van der Waals surface area contributed by atoms with E-state index in [4.69, 9.17) is 16.3 Å². The number of imidazole rings is 1. The molecular formula is C31H31BrClN7O3. The van der Waals surface area contributed by atoms with Crippen LogP contribution in [0.2, 0.25) is 5.15 Å². The van der Waals surface area contributed by atoms with E-state index in [2.05, 4.69) is 43.4 Å². The van der Waals surface area contributed by atoms with Gasteiger partial charge in [0.1, 0.15) is 11.5 Å². The van der Waals surface area contributed by atoms with Gasteiger partial charge in [-0.3, -0.25) is 4.79 Å². The first-order valence-electron chi connectivity index (χ1n) is 14.1. The number of nitrogens with zero attached hydrogens (tertiary/aromatic N) is 7. The molecule has 0 saturated heterocycles. The summed E-state index contributed by atoms with van der Waals surface area (Å²) in [6.07, 6.45) is 2.04. The van der Waals surface area contributed by atoms with Crippen molar-refractivity contribution in [3.05, 3.63) is 104 Å². The summed E-state index contributed by atoms with van der Waals surface area (Å²) in [4.78, 5) is 18.4. The molecule has 5 rings (SSSR count). The second-order valence-electron chi connectivity index (χ2n) is 9.96. The van der Waals surface area contributed by atoms with Gasteiger partial charge in [0.05, 0.1) is 0 Å². The molecule has 0 saturated carbocycles. The first-order chi connectivity index (χ1) is 20.8. The first-order valence-corrected chi connectivity index (χ1v) is 15.3. The van der Waals surface area contributed by atoms with Crippen molar-refractivity contribution >= 4 is 33.3 Å². The number of benzene rings is 2. The number of aromatic nitrogens is 7. The molecule has 0 aliphatic carbocycles. The van der Waals surface area contributed by atoms with Crippen LogP contribution in [-0.4, -0.2) is 42.1 Å². The third kappa shape index (κ3) is 6.39. The van der Waals surface area contributed by atoms with Crippen molar-refractivity contribution in [2.75, 3.05) is 6.61 Å². The van der Waals surface area contributed by atoms with Gasteiger partial charge >= 0.3 is 0 Å². The molecule has 3 aromatic heterocycles. The van der Waals surface area contributed by atoms with E-state index in [9.17, 15) is 10.0 Å². The highest BCUT2D eigenvalue weighted by molar-refractivity contribution is 9.10.